The van der Waals surface area contributed by atoms with Crippen molar-refractivity contribution in [1.29, 1.82) is 0 Å². The minimum Gasteiger partial charge on any atom is -0.378 e. The number of anilines is 2. The molecule has 0 atom stereocenters. The van der Waals surface area contributed by atoms with Crippen molar-refractivity contribution in [3.05, 3.63) is 82.0 Å². The number of fused-ring (bicyclic) bond motifs is 1. The minimum atomic E-state index is -4.99. The highest BCUT2D eigenvalue weighted by atomic mass is 35.5. The van der Waals surface area contributed by atoms with Crippen molar-refractivity contribution in [2.45, 2.75) is 17.6 Å². The standard InChI is InChI=1S/C24H19Cl2F4N5O3S/c25-16-2-5-21-32-23(22(26)34(21)14-16)35(13-15-1-4-19(27)18(11-15)24(28,29)30)39(36,37)17-3-6-20(31-12-17)33-7-9-38-10-8-33/h1-6,11-12,14H,7-10,13H2. The summed E-state index contributed by atoms with van der Waals surface area (Å²) >= 11 is 12.5. The summed E-state index contributed by atoms with van der Waals surface area (Å²) in [6.07, 6.45) is -2.42. The molecule has 4 aromatic rings. The molecule has 0 amide bonds. The molecule has 206 valence electrons. The van der Waals surface area contributed by atoms with E-state index in [2.05, 4.69) is 9.97 Å². The molecule has 5 rings (SSSR count). The number of rotatable bonds is 6. The van der Waals surface area contributed by atoms with Crippen molar-refractivity contribution in [2.75, 3.05) is 35.5 Å². The third-order valence-electron chi connectivity index (χ3n) is 6.05. The zero-order chi connectivity index (χ0) is 27.9. The highest BCUT2D eigenvalue weighted by Gasteiger charge is 2.36. The van der Waals surface area contributed by atoms with Gasteiger partial charge in [0.1, 0.15) is 22.2 Å². The van der Waals surface area contributed by atoms with Gasteiger partial charge in [0.25, 0.3) is 10.0 Å². The third-order valence-corrected chi connectivity index (χ3v) is 8.34. The Hall–Kier alpha value is -3.13. The van der Waals surface area contributed by atoms with Gasteiger partial charge in [0.15, 0.2) is 11.0 Å². The van der Waals surface area contributed by atoms with Crippen molar-refractivity contribution in [3.8, 4) is 0 Å². The largest absolute Gasteiger partial charge is 0.419 e. The first-order chi connectivity index (χ1) is 18.4. The van der Waals surface area contributed by atoms with Crippen LogP contribution >= 0.6 is 23.2 Å². The van der Waals surface area contributed by atoms with Gasteiger partial charge in [0, 0.05) is 25.5 Å². The lowest BCUT2D eigenvalue weighted by molar-refractivity contribution is -0.140. The van der Waals surface area contributed by atoms with E-state index in [9.17, 15) is 26.0 Å². The summed E-state index contributed by atoms with van der Waals surface area (Å²) in [6, 6.07) is 8.14. The van der Waals surface area contributed by atoms with Crippen molar-refractivity contribution in [2.24, 2.45) is 0 Å². The Morgan fingerprint density at radius 2 is 1.79 bits per heavy atom. The molecule has 39 heavy (non-hydrogen) atoms. The van der Waals surface area contributed by atoms with Gasteiger partial charge < -0.3 is 9.64 Å². The summed E-state index contributed by atoms with van der Waals surface area (Å²) in [5, 5.41) is 0.145. The van der Waals surface area contributed by atoms with Crippen LogP contribution in [0.5, 0.6) is 0 Å². The molecular formula is C24H19Cl2F4N5O3S. The maximum absolute atomic E-state index is 13.9. The van der Waals surface area contributed by atoms with E-state index in [1.54, 1.807) is 0 Å². The first kappa shape index (κ1) is 27.4. The van der Waals surface area contributed by atoms with Gasteiger partial charge in [-0.15, -0.1) is 0 Å². The molecule has 0 N–H and O–H groups in total. The summed E-state index contributed by atoms with van der Waals surface area (Å²) in [6.45, 7) is 1.54. The molecule has 1 aliphatic rings. The van der Waals surface area contributed by atoms with E-state index in [1.807, 2.05) is 4.90 Å². The number of hydrogen-bond donors (Lipinski definition) is 0. The average molecular weight is 604 g/mol. The van der Waals surface area contributed by atoms with Crippen LogP contribution in [-0.2, 0) is 27.5 Å². The molecule has 8 nitrogen and oxygen atoms in total. The number of sulfonamides is 1. The third kappa shape index (κ3) is 5.49. The van der Waals surface area contributed by atoms with Gasteiger partial charge in [-0.2, -0.15) is 13.2 Å². The van der Waals surface area contributed by atoms with E-state index in [-0.39, 0.29) is 27.1 Å². The molecule has 1 aliphatic heterocycles. The van der Waals surface area contributed by atoms with E-state index in [1.165, 1.54) is 34.9 Å². The van der Waals surface area contributed by atoms with E-state index in [0.29, 0.717) is 49.3 Å². The maximum Gasteiger partial charge on any atom is 0.419 e. The van der Waals surface area contributed by atoms with E-state index in [4.69, 9.17) is 27.9 Å². The Morgan fingerprint density at radius 3 is 2.46 bits per heavy atom. The zero-order valence-electron chi connectivity index (χ0n) is 19.9. The predicted molar refractivity (Wildman–Crippen MR) is 137 cm³/mol. The van der Waals surface area contributed by atoms with Gasteiger partial charge in [-0.05, 0) is 42.0 Å². The van der Waals surface area contributed by atoms with Crippen LogP contribution in [0, 0.1) is 5.82 Å². The Balaban J connectivity index is 1.59. The highest BCUT2D eigenvalue weighted by Crippen LogP contribution is 2.35. The number of imidazole rings is 1. The molecule has 3 aromatic heterocycles. The minimum absolute atomic E-state index is 0.142. The molecule has 0 unspecified atom stereocenters. The topological polar surface area (TPSA) is 80.0 Å². The normalized spacial score (nSPS) is 14.7. The molecule has 0 bridgehead atoms. The molecular weight excluding hydrogens is 585 g/mol. The summed E-state index contributed by atoms with van der Waals surface area (Å²) in [7, 11) is -4.48. The number of aromatic nitrogens is 3. The fraction of sp³-hybridized carbons (Fsp3) is 0.250. The van der Waals surface area contributed by atoms with Gasteiger partial charge in [0.05, 0.1) is 30.3 Å². The second-order valence-electron chi connectivity index (χ2n) is 8.58. The molecule has 0 saturated carbocycles. The molecule has 15 heteroatoms. The molecule has 0 aliphatic carbocycles. The number of pyridine rings is 2. The fourth-order valence-corrected chi connectivity index (χ4v) is 5.94. The predicted octanol–water partition coefficient (Wildman–Crippen LogP) is 5.43. The molecule has 4 heterocycles. The quantitative estimate of drug-likeness (QED) is 0.274. The van der Waals surface area contributed by atoms with Crippen LogP contribution in [0.15, 0.2) is 59.8 Å². The van der Waals surface area contributed by atoms with Crippen LogP contribution in [0.4, 0.5) is 29.2 Å². The van der Waals surface area contributed by atoms with Crippen molar-refractivity contribution < 1.29 is 30.7 Å². The number of ether oxygens (including phenoxy) is 1. The lowest BCUT2D eigenvalue weighted by atomic mass is 10.1. The van der Waals surface area contributed by atoms with E-state index >= 15 is 0 Å². The second kappa shape index (κ2) is 10.5. The lowest BCUT2D eigenvalue weighted by Crippen LogP contribution is -2.36. The molecule has 1 aromatic carbocycles. The van der Waals surface area contributed by atoms with Crippen LogP contribution in [0.3, 0.4) is 0 Å². The van der Waals surface area contributed by atoms with Gasteiger partial charge in [-0.1, -0.05) is 29.3 Å². The SMILES string of the molecule is O=S(=O)(c1ccc(N2CCOCC2)nc1)N(Cc1ccc(F)c(C(F)(F)F)c1)c1nc2ccc(Cl)cn2c1Cl. The number of hydrogen-bond acceptors (Lipinski definition) is 6. The summed E-state index contributed by atoms with van der Waals surface area (Å²) in [4.78, 5) is 10.3. The Morgan fingerprint density at radius 1 is 1.05 bits per heavy atom. The first-order valence-corrected chi connectivity index (χ1v) is 13.6. The van der Waals surface area contributed by atoms with E-state index in [0.717, 1.165) is 16.6 Å². The Bertz CT molecular complexity index is 1630. The fourth-order valence-electron chi connectivity index (χ4n) is 4.10. The van der Waals surface area contributed by atoms with Crippen molar-refractivity contribution in [3.63, 3.8) is 0 Å². The van der Waals surface area contributed by atoms with Crippen molar-refractivity contribution >= 4 is 50.5 Å². The number of morpholine rings is 1. The van der Waals surface area contributed by atoms with Crippen molar-refractivity contribution in [1.82, 2.24) is 14.4 Å². The molecule has 0 radical (unpaired) electrons. The molecule has 0 spiro atoms. The molecule has 1 saturated heterocycles. The van der Waals surface area contributed by atoms with Crippen LogP contribution in [0.25, 0.3) is 5.65 Å². The van der Waals surface area contributed by atoms with Crippen LogP contribution < -0.4 is 9.21 Å². The number of halogens is 6. The lowest BCUT2D eigenvalue weighted by Gasteiger charge is -2.28. The Kier molecular flexibility index (Phi) is 7.35. The van der Waals surface area contributed by atoms with Crippen LogP contribution in [0.2, 0.25) is 10.2 Å². The van der Waals surface area contributed by atoms with Gasteiger partial charge in [-0.25, -0.2) is 27.1 Å². The van der Waals surface area contributed by atoms with Crippen LogP contribution in [-0.4, -0.2) is 49.1 Å². The number of nitrogens with zero attached hydrogens (tertiary/aromatic N) is 5. The Labute approximate surface area is 230 Å². The van der Waals surface area contributed by atoms with Gasteiger partial charge in [-0.3, -0.25) is 4.40 Å². The molecule has 1 fully saturated rings. The second-order valence-corrected chi connectivity index (χ2v) is 11.2. The highest BCUT2D eigenvalue weighted by molar-refractivity contribution is 7.92. The summed E-state index contributed by atoms with van der Waals surface area (Å²) < 4.78 is 89.3. The zero-order valence-corrected chi connectivity index (χ0v) is 22.2. The first-order valence-electron chi connectivity index (χ1n) is 11.5. The van der Waals surface area contributed by atoms with Crippen LogP contribution in [0.1, 0.15) is 11.1 Å². The summed E-state index contributed by atoms with van der Waals surface area (Å²) in [5.41, 5.74) is -1.42. The monoisotopic (exact) mass is 603 g/mol. The maximum atomic E-state index is 13.9. The van der Waals surface area contributed by atoms with Gasteiger partial charge in [0.2, 0.25) is 0 Å². The summed E-state index contributed by atoms with van der Waals surface area (Å²) in [5.74, 6) is -1.20. The number of alkyl halides is 3. The van der Waals surface area contributed by atoms with E-state index < -0.39 is 34.1 Å². The average Bonchev–Trinajstić information content (AvgIpc) is 3.23. The number of benzene rings is 1. The van der Waals surface area contributed by atoms with Gasteiger partial charge >= 0.3 is 6.18 Å². The smallest absolute Gasteiger partial charge is 0.378 e.